The lowest BCUT2D eigenvalue weighted by Gasteiger charge is -2.23. The number of hydrogen-bond acceptors (Lipinski definition) is 6. The summed E-state index contributed by atoms with van der Waals surface area (Å²) in [5, 5.41) is 3.86. The standard InChI is InChI=1S/C19H18N2O4/c1-20-12-3-5-13(6-4-12)25-15-7-8-21-14-11-16(22-2)18-19(17(14)15)24-10-9-23-18/h3-8,11,20H,9-10H2,1-2H3. The van der Waals surface area contributed by atoms with Crippen LogP contribution in [0.25, 0.3) is 10.9 Å². The molecule has 1 aromatic heterocycles. The lowest BCUT2D eigenvalue weighted by atomic mass is 10.1. The number of fused-ring (bicyclic) bond motifs is 3. The van der Waals surface area contributed by atoms with E-state index in [1.165, 1.54) is 0 Å². The van der Waals surface area contributed by atoms with Crippen molar-refractivity contribution in [3.8, 4) is 28.7 Å². The number of methoxy groups -OCH3 is 1. The van der Waals surface area contributed by atoms with Crippen molar-refractivity contribution in [2.24, 2.45) is 0 Å². The van der Waals surface area contributed by atoms with Crippen molar-refractivity contribution in [2.45, 2.75) is 0 Å². The van der Waals surface area contributed by atoms with Gasteiger partial charge >= 0.3 is 0 Å². The van der Waals surface area contributed by atoms with Crippen LogP contribution in [0.1, 0.15) is 0 Å². The minimum Gasteiger partial charge on any atom is -0.493 e. The van der Waals surface area contributed by atoms with E-state index < -0.39 is 0 Å². The first-order valence-corrected chi connectivity index (χ1v) is 8.01. The van der Waals surface area contributed by atoms with Crippen LogP contribution in [0.5, 0.6) is 28.7 Å². The van der Waals surface area contributed by atoms with Crippen LogP contribution < -0.4 is 24.3 Å². The van der Waals surface area contributed by atoms with E-state index in [2.05, 4.69) is 10.3 Å². The summed E-state index contributed by atoms with van der Waals surface area (Å²) in [5.74, 6) is 3.19. The second-order valence-electron chi connectivity index (χ2n) is 5.51. The Bertz CT molecular complexity index is 909. The van der Waals surface area contributed by atoms with Gasteiger partial charge in [0.25, 0.3) is 0 Å². The molecule has 6 heteroatoms. The van der Waals surface area contributed by atoms with Crippen molar-refractivity contribution in [1.82, 2.24) is 4.98 Å². The predicted molar refractivity (Wildman–Crippen MR) is 95.3 cm³/mol. The Labute approximate surface area is 145 Å². The van der Waals surface area contributed by atoms with E-state index >= 15 is 0 Å². The van der Waals surface area contributed by atoms with E-state index in [1.807, 2.05) is 43.4 Å². The summed E-state index contributed by atoms with van der Waals surface area (Å²) < 4.78 is 23.1. The molecule has 25 heavy (non-hydrogen) atoms. The highest BCUT2D eigenvalue weighted by molar-refractivity contribution is 5.95. The van der Waals surface area contributed by atoms with E-state index in [4.69, 9.17) is 18.9 Å². The molecule has 6 nitrogen and oxygen atoms in total. The summed E-state index contributed by atoms with van der Waals surface area (Å²) >= 11 is 0. The van der Waals surface area contributed by atoms with Crippen LogP contribution >= 0.6 is 0 Å². The summed E-state index contributed by atoms with van der Waals surface area (Å²) in [6.45, 7) is 0.956. The molecule has 4 rings (SSSR count). The lowest BCUT2D eigenvalue weighted by Crippen LogP contribution is -2.16. The van der Waals surface area contributed by atoms with Gasteiger partial charge < -0.3 is 24.3 Å². The SMILES string of the molecule is CNc1ccc(Oc2ccnc3cc(OC)c4c(c23)OCCO4)cc1. The van der Waals surface area contributed by atoms with Crippen LogP contribution in [0.15, 0.2) is 42.6 Å². The van der Waals surface area contributed by atoms with Crippen molar-refractivity contribution in [2.75, 3.05) is 32.7 Å². The first-order chi connectivity index (χ1) is 12.3. The van der Waals surface area contributed by atoms with Gasteiger partial charge in [-0.05, 0) is 30.3 Å². The van der Waals surface area contributed by atoms with Crippen molar-refractivity contribution < 1.29 is 18.9 Å². The van der Waals surface area contributed by atoms with E-state index in [9.17, 15) is 0 Å². The van der Waals surface area contributed by atoms with Gasteiger partial charge in [0.15, 0.2) is 11.5 Å². The monoisotopic (exact) mass is 338 g/mol. The average Bonchev–Trinajstić information content (AvgIpc) is 2.68. The smallest absolute Gasteiger partial charge is 0.204 e. The van der Waals surface area contributed by atoms with Crippen LogP contribution in [0, 0.1) is 0 Å². The molecule has 2 aromatic carbocycles. The summed E-state index contributed by atoms with van der Waals surface area (Å²) in [4.78, 5) is 4.42. The quantitative estimate of drug-likeness (QED) is 0.780. The number of anilines is 1. The Morgan fingerprint density at radius 2 is 1.76 bits per heavy atom. The van der Waals surface area contributed by atoms with Gasteiger partial charge in [-0.2, -0.15) is 0 Å². The molecule has 1 aliphatic heterocycles. The molecule has 0 atom stereocenters. The molecule has 1 aliphatic rings. The van der Waals surface area contributed by atoms with Gasteiger partial charge in [-0.15, -0.1) is 0 Å². The van der Waals surface area contributed by atoms with Gasteiger partial charge in [0.05, 0.1) is 18.0 Å². The zero-order valence-electron chi connectivity index (χ0n) is 14.0. The van der Waals surface area contributed by atoms with E-state index in [0.29, 0.717) is 36.2 Å². The summed E-state index contributed by atoms with van der Waals surface area (Å²) in [6.07, 6.45) is 1.70. The van der Waals surface area contributed by atoms with Crippen molar-refractivity contribution in [3.63, 3.8) is 0 Å². The molecule has 0 radical (unpaired) electrons. The van der Waals surface area contributed by atoms with Gasteiger partial charge in [0.1, 0.15) is 24.7 Å². The Kier molecular flexibility index (Phi) is 3.93. The fraction of sp³-hybridized carbons (Fsp3) is 0.211. The van der Waals surface area contributed by atoms with Gasteiger partial charge in [0.2, 0.25) is 5.75 Å². The lowest BCUT2D eigenvalue weighted by molar-refractivity contribution is 0.167. The van der Waals surface area contributed by atoms with Crippen LogP contribution in [0.4, 0.5) is 5.69 Å². The second-order valence-corrected chi connectivity index (χ2v) is 5.51. The Morgan fingerprint density at radius 3 is 2.48 bits per heavy atom. The maximum Gasteiger partial charge on any atom is 0.204 e. The number of nitrogens with one attached hydrogen (secondary N) is 1. The minimum absolute atomic E-state index is 0.473. The Morgan fingerprint density at radius 1 is 1.00 bits per heavy atom. The summed E-state index contributed by atoms with van der Waals surface area (Å²) in [6, 6.07) is 11.4. The fourth-order valence-electron chi connectivity index (χ4n) is 2.83. The number of ether oxygens (including phenoxy) is 4. The zero-order chi connectivity index (χ0) is 17.2. The molecule has 128 valence electrons. The molecule has 0 spiro atoms. The third-order valence-corrected chi connectivity index (χ3v) is 4.03. The average molecular weight is 338 g/mol. The molecule has 1 N–H and O–H groups in total. The Hall–Kier alpha value is -3.15. The highest BCUT2D eigenvalue weighted by Crippen LogP contribution is 2.48. The molecule has 0 amide bonds. The minimum atomic E-state index is 0.473. The highest BCUT2D eigenvalue weighted by Gasteiger charge is 2.24. The number of nitrogens with zero attached hydrogens (tertiary/aromatic N) is 1. The molecular formula is C19H18N2O4. The van der Waals surface area contributed by atoms with E-state index in [-0.39, 0.29) is 0 Å². The maximum absolute atomic E-state index is 6.09. The van der Waals surface area contributed by atoms with Crippen molar-refractivity contribution >= 4 is 16.6 Å². The molecule has 0 aliphatic carbocycles. The maximum atomic E-state index is 6.09. The van der Waals surface area contributed by atoms with Gasteiger partial charge in [-0.3, -0.25) is 4.98 Å². The zero-order valence-corrected chi connectivity index (χ0v) is 14.0. The second kappa shape index (κ2) is 6.39. The van der Waals surface area contributed by atoms with E-state index in [1.54, 1.807) is 13.3 Å². The first kappa shape index (κ1) is 15.4. The third kappa shape index (κ3) is 2.76. The number of benzene rings is 2. The number of hydrogen-bond donors (Lipinski definition) is 1. The van der Waals surface area contributed by atoms with Gasteiger partial charge in [-0.1, -0.05) is 0 Å². The summed E-state index contributed by atoms with van der Waals surface area (Å²) in [7, 11) is 3.48. The highest BCUT2D eigenvalue weighted by atomic mass is 16.6. The molecule has 2 heterocycles. The number of aromatic nitrogens is 1. The molecule has 0 unspecified atom stereocenters. The molecule has 0 fully saturated rings. The molecule has 3 aromatic rings. The number of rotatable bonds is 4. The van der Waals surface area contributed by atoms with Crippen LogP contribution in [-0.2, 0) is 0 Å². The van der Waals surface area contributed by atoms with Crippen LogP contribution in [-0.4, -0.2) is 32.4 Å². The largest absolute Gasteiger partial charge is 0.493 e. The summed E-state index contributed by atoms with van der Waals surface area (Å²) in [5.41, 5.74) is 1.75. The molecule has 0 saturated heterocycles. The normalized spacial score (nSPS) is 12.7. The van der Waals surface area contributed by atoms with Gasteiger partial charge in [0, 0.05) is 25.0 Å². The first-order valence-electron chi connectivity index (χ1n) is 8.01. The van der Waals surface area contributed by atoms with Crippen LogP contribution in [0.3, 0.4) is 0 Å². The van der Waals surface area contributed by atoms with Crippen LogP contribution in [0.2, 0.25) is 0 Å². The number of pyridine rings is 1. The van der Waals surface area contributed by atoms with Crippen molar-refractivity contribution in [1.29, 1.82) is 0 Å². The third-order valence-electron chi connectivity index (χ3n) is 4.03. The van der Waals surface area contributed by atoms with Crippen molar-refractivity contribution in [3.05, 3.63) is 42.6 Å². The molecule has 0 bridgehead atoms. The molecular weight excluding hydrogens is 320 g/mol. The van der Waals surface area contributed by atoms with E-state index in [0.717, 1.165) is 22.3 Å². The predicted octanol–water partition coefficient (Wildman–Crippen LogP) is 3.85. The Balaban J connectivity index is 1.83. The fourth-order valence-corrected chi connectivity index (χ4v) is 2.83. The molecule has 0 saturated carbocycles. The topological polar surface area (TPSA) is 61.8 Å². The van der Waals surface area contributed by atoms with Gasteiger partial charge in [-0.25, -0.2) is 0 Å².